The van der Waals surface area contributed by atoms with E-state index in [0.29, 0.717) is 0 Å². The predicted octanol–water partition coefficient (Wildman–Crippen LogP) is 2.42. The maximum atomic E-state index is 12.0. The number of allylic oxidation sites excluding steroid dienone is 2. The lowest BCUT2D eigenvalue weighted by Gasteiger charge is -2.22. The van der Waals surface area contributed by atoms with E-state index in [2.05, 4.69) is 11.5 Å². The van der Waals surface area contributed by atoms with Crippen LogP contribution in [0.25, 0.3) is 0 Å². The standard InChI is InChI=1S/C16H13NO3/c1-2-13(18)17-14(11-7-3-4-8-11)15(20-16(17)19)12-9-5-6-10-12/h3-7,9,14-15H,2H2,1H3/t14-,15+/m0/s1. The summed E-state index contributed by atoms with van der Waals surface area (Å²) in [5.74, 6) is -0.247. The zero-order valence-corrected chi connectivity index (χ0v) is 11.0. The molecule has 4 nitrogen and oxygen atoms in total. The normalized spacial score (nSPS) is 26.2. The first-order valence-corrected chi connectivity index (χ1v) is 6.51. The van der Waals surface area contributed by atoms with E-state index >= 15 is 0 Å². The van der Waals surface area contributed by atoms with Gasteiger partial charge in [0.05, 0.1) is 0 Å². The van der Waals surface area contributed by atoms with Gasteiger partial charge in [-0.25, -0.2) is 9.69 Å². The summed E-state index contributed by atoms with van der Waals surface area (Å²) in [6.45, 7) is 1.73. The van der Waals surface area contributed by atoms with Gasteiger partial charge < -0.3 is 4.74 Å². The van der Waals surface area contributed by atoms with Gasteiger partial charge in [0.15, 0.2) is 6.10 Å². The van der Waals surface area contributed by atoms with Crippen LogP contribution in [0.4, 0.5) is 4.79 Å². The van der Waals surface area contributed by atoms with Crippen molar-refractivity contribution in [1.29, 1.82) is 0 Å². The van der Waals surface area contributed by atoms with Crippen molar-refractivity contribution >= 4 is 12.0 Å². The molecular weight excluding hydrogens is 254 g/mol. The average Bonchev–Trinajstić information content (AvgIpc) is 3.17. The molecule has 0 aromatic rings. The molecule has 1 aliphatic heterocycles. The van der Waals surface area contributed by atoms with E-state index in [4.69, 9.17) is 4.74 Å². The van der Waals surface area contributed by atoms with Crippen molar-refractivity contribution in [3.63, 3.8) is 0 Å². The van der Waals surface area contributed by atoms with Crippen molar-refractivity contribution in [2.75, 3.05) is 0 Å². The van der Waals surface area contributed by atoms with Crippen LogP contribution in [0.2, 0.25) is 0 Å². The third kappa shape index (κ3) is 1.88. The van der Waals surface area contributed by atoms with Gasteiger partial charge in [0.1, 0.15) is 6.04 Å². The van der Waals surface area contributed by atoms with Crippen LogP contribution in [-0.2, 0) is 9.53 Å². The summed E-state index contributed by atoms with van der Waals surface area (Å²) in [6, 6.07) is -0.469. The fourth-order valence-electron chi connectivity index (χ4n) is 2.49. The smallest absolute Gasteiger partial charge is 0.418 e. The molecule has 0 radical (unpaired) electrons. The highest BCUT2D eigenvalue weighted by Crippen LogP contribution is 2.32. The molecule has 0 saturated carbocycles. The zero-order valence-electron chi connectivity index (χ0n) is 11.0. The number of carbonyl (C=O) groups excluding carboxylic acids is 2. The number of hydrogen-bond acceptors (Lipinski definition) is 3. The van der Waals surface area contributed by atoms with Crippen molar-refractivity contribution in [1.82, 2.24) is 4.90 Å². The Kier molecular flexibility index (Phi) is 3.03. The maximum absolute atomic E-state index is 12.0. The van der Waals surface area contributed by atoms with Crippen LogP contribution >= 0.6 is 0 Å². The molecule has 0 aromatic heterocycles. The first-order valence-electron chi connectivity index (χ1n) is 6.51. The summed E-state index contributed by atoms with van der Waals surface area (Å²) in [5.41, 5.74) is 7.64. The highest BCUT2D eigenvalue weighted by Gasteiger charge is 2.47. The van der Waals surface area contributed by atoms with Crippen LogP contribution in [0.1, 0.15) is 13.3 Å². The average molecular weight is 267 g/mol. The zero-order chi connectivity index (χ0) is 14.1. The lowest BCUT2D eigenvalue weighted by atomic mass is 9.96. The number of hydrogen-bond donors (Lipinski definition) is 0. The Morgan fingerprint density at radius 2 is 1.90 bits per heavy atom. The molecule has 1 heterocycles. The molecule has 0 aromatic carbocycles. The molecule has 4 heteroatoms. The number of ether oxygens (including phenoxy) is 1. The summed E-state index contributed by atoms with van der Waals surface area (Å²) in [7, 11) is 0. The summed E-state index contributed by atoms with van der Waals surface area (Å²) >= 11 is 0. The SMILES string of the molecule is CCC(=O)N1C(=O)O[C@H](C2=C=CC=C2)[C@@H]1C1=C=CC=C1. The van der Waals surface area contributed by atoms with E-state index in [1.54, 1.807) is 19.1 Å². The molecule has 3 rings (SSSR count). The molecular formula is C16H13NO3. The molecule has 100 valence electrons. The topological polar surface area (TPSA) is 46.6 Å². The minimum absolute atomic E-state index is 0.247. The van der Waals surface area contributed by atoms with Gasteiger partial charge in [0.25, 0.3) is 0 Å². The molecule has 1 fully saturated rings. The number of imide groups is 1. The second-order valence-corrected chi connectivity index (χ2v) is 4.62. The predicted molar refractivity (Wildman–Crippen MR) is 72.7 cm³/mol. The van der Waals surface area contributed by atoms with Crippen molar-refractivity contribution in [3.8, 4) is 0 Å². The Hall–Kier alpha value is -2.54. The minimum atomic E-state index is -0.601. The second kappa shape index (κ2) is 4.86. The summed E-state index contributed by atoms with van der Waals surface area (Å²) in [5, 5.41) is 0. The fourth-order valence-corrected chi connectivity index (χ4v) is 2.49. The Balaban J connectivity index is 2.03. The van der Waals surface area contributed by atoms with Crippen molar-refractivity contribution in [3.05, 3.63) is 59.1 Å². The van der Waals surface area contributed by atoms with Crippen LogP contribution in [0, 0.1) is 0 Å². The van der Waals surface area contributed by atoms with Gasteiger partial charge in [-0.2, -0.15) is 0 Å². The molecule has 2 amide bonds. The van der Waals surface area contributed by atoms with E-state index in [1.165, 1.54) is 4.90 Å². The fraction of sp³-hybridized carbons (Fsp3) is 0.250. The van der Waals surface area contributed by atoms with Crippen LogP contribution in [0.15, 0.2) is 59.1 Å². The number of nitrogens with zero attached hydrogens (tertiary/aromatic N) is 1. The third-order valence-corrected chi connectivity index (χ3v) is 3.43. The maximum Gasteiger partial charge on any atom is 0.418 e. The Morgan fingerprint density at radius 1 is 1.25 bits per heavy atom. The van der Waals surface area contributed by atoms with Crippen LogP contribution < -0.4 is 0 Å². The van der Waals surface area contributed by atoms with Crippen molar-refractivity contribution in [2.24, 2.45) is 0 Å². The highest BCUT2D eigenvalue weighted by molar-refractivity contribution is 5.94. The Bertz CT molecular complexity index is 668. The summed E-state index contributed by atoms with van der Waals surface area (Å²) < 4.78 is 5.39. The first-order chi connectivity index (χ1) is 9.72. The molecule has 0 spiro atoms. The molecule has 3 aliphatic rings. The van der Waals surface area contributed by atoms with E-state index < -0.39 is 18.2 Å². The van der Waals surface area contributed by atoms with Gasteiger partial charge in [-0.15, -0.1) is 11.5 Å². The van der Waals surface area contributed by atoms with Gasteiger partial charge in [-0.05, 0) is 24.3 Å². The minimum Gasteiger partial charge on any atom is -0.438 e. The molecule has 2 atom stereocenters. The highest BCUT2D eigenvalue weighted by atomic mass is 16.6. The number of rotatable bonds is 3. The summed E-state index contributed by atoms with van der Waals surface area (Å²) in [4.78, 5) is 25.3. The third-order valence-electron chi connectivity index (χ3n) is 3.43. The van der Waals surface area contributed by atoms with Crippen LogP contribution in [0.5, 0.6) is 0 Å². The van der Waals surface area contributed by atoms with Crippen LogP contribution in [-0.4, -0.2) is 29.0 Å². The van der Waals surface area contributed by atoms with Gasteiger partial charge in [-0.3, -0.25) is 4.79 Å². The number of cyclic esters (lactones) is 1. The lowest BCUT2D eigenvalue weighted by molar-refractivity contribution is -0.128. The van der Waals surface area contributed by atoms with E-state index in [-0.39, 0.29) is 12.3 Å². The monoisotopic (exact) mass is 267 g/mol. The molecule has 0 unspecified atom stereocenters. The second-order valence-electron chi connectivity index (χ2n) is 4.62. The lowest BCUT2D eigenvalue weighted by Crippen LogP contribution is -2.41. The number of amides is 2. The van der Waals surface area contributed by atoms with E-state index in [0.717, 1.165) is 11.1 Å². The van der Waals surface area contributed by atoms with Gasteiger partial charge in [0.2, 0.25) is 5.91 Å². The van der Waals surface area contributed by atoms with Gasteiger partial charge in [-0.1, -0.05) is 19.1 Å². The van der Waals surface area contributed by atoms with E-state index in [9.17, 15) is 9.59 Å². The van der Waals surface area contributed by atoms with Crippen LogP contribution in [0.3, 0.4) is 0 Å². The quantitative estimate of drug-likeness (QED) is 0.738. The van der Waals surface area contributed by atoms with Crippen molar-refractivity contribution in [2.45, 2.75) is 25.5 Å². The molecule has 2 aliphatic carbocycles. The molecule has 0 bridgehead atoms. The summed E-state index contributed by atoms with van der Waals surface area (Å²) in [6.07, 6.45) is 10.0. The van der Waals surface area contributed by atoms with E-state index in [1.807, 2.05) is 24.3 Å². The Labute approximate surface area is 116 Å². The van der Waals surface area contributed by atoms with Gasteiger partial charge >= 0.3 is 6.09 Å². The molecule has 20 heavy (non-hydrogen) atoms. The Morgan fingerprint density at radius 3 is 2.45 bits per heavy atom. The molecule has 1 saturated heterocycles. The van der Waals surface area contributed by atoms with Crippen molar-refractivity contribution < 1.29 is 14.3 Å². The number of carbonyl (C=O) groups is 2. The largest absolute Gasteiger partial charge is 0.438 e. The first kappa shape index (κ1) is 12.5. The van der Waals surface area contributed by atoms with Gasteiger partial charge in [0, 0.05) is 17.6 Å². The molecule has 0 N–H and O–H groups in total.